The second-order valence-corrected chi connectivity index (χ2v) is 11.3. The van der Waals surface area contributed by atoms with E-state index in [1.807, 2.05) is 24.3 Å². The Morgan fingerprint density at radius 2 is 1.90 bits per heavy atom. The molecule has 210 valence electrons. The van der Waals surface area contributed by atoms with Gasteiger partial charge in [-0.2, -0.15) is 8.42 Å². The molecule has 2 N–H and O–H groups in total. The first-order valence-electron chi connectivity index (χ1n) is 13.0. The minimum Gasteiger partial charge on any atom is -0.453 e. The molecule has 0 atom stereocenters. The highest BCUT2D eigenvalue weighted by molar-refractivity contribution is 7.94. The van der Waals surface area contributed by atoms with Crippen LogP contribution in [0.5, 0.6) is 0 Å². The summed E-state index contributed by atoms with van der Waals surface area (Å²) in [7, 11) is -4.40. The van der Waals surface area contributed by atoms with Crippen LogP contribution in [0.15, 0.2) is 56.8 Å². The molecular weight excluding hydrogens is 542 g/mol. The van der Waals surface area contributed by atoms with Crippen molar-refractivity contribution in [1.82, 2.24) is 4.98 Å². The Hall–Kier alpha value is -2.74. The van der Waals surface area contributed by atoms with Crippen LogP contribution < -0.4 is 10.3 Å². The average molecular weight is 576 g/mol. The summed E-state index contributed by atoms with van der Waals surface area (Å²) in [5.74, 6) is 1.12. The van der Waals surface area contributed by atoms with Gasteiger partial charge < -0.3 is 9.32 Å². The standard InChI is InChI=1S/C27H33N3O7S2/c1-3-5-6-7-13-28-24-18-26-27(22-17-20(39(32,33)34)10-11-21(22)24)29-23-12-9-19(16-25(23)35-26)30(4-2)14-8-15-38-37-36-31/h9-12,16-18,31H,3-8,13-15H2,1-2H3,(H,32,33,34). The van der Waals surface area contributed by atoms with Crippen LogP contribution in [0.4, 0.5) is 5.69 Å². The van der Waals surface area contributed by atoms with Gasteiger partial charge in [-0.15, -0.1) is 4.33 Å². The summed E-state index contributed by atoms with van der Waals surface area (Å²) < 4.78 is 44.2. The first-order valence-corrected chi connectivity index (χ1v) is 15.3. The van der Waals surface area contributed by atoms with E-state index >= 15 is 0 Å². The molecule has 1 heterocycles. The molecular formula is C27H33N3O7S2. The third kappa shape index (κ3) is 7.27. The highest BCUT2D eigenvalue weighted by Crippen LogP contribution is 2.33. The molecule has 10 nitrogen and oxygen atoms in total. The minimum absolute atomic E-state index is 0.207. The fourth-order valence-corrected chi connectivity index (χ4v) is 5.39. The van der Waals surface area contributed by atoms with E-state index < -0.39 is 10.1 Å². The third-order valence-corrected chi connectivity index (χ3v) is 7.95. The van der Waals surface area contributed by atoms with E-state index in [0.717, 1.165) is 68.3 Å². The van der Waals surface area contributed by atoms with E-state index in [0.29, 0.717) is 45.6 Å². The van der Waals surface area contributed by atoms with Gasteiger partial charge in [-0.1, -0.05) is 37.3 Å². The maximum atomic E-state index is 11.9. The van der Waals surface area contributed by atoms with Crippen LogP contribution in [-0.4, -0.2) is 48.6 Å². The Kier molecular flexibility index (Phi) is 10.2. The fourth-order valence-electron chi connectivity index (χ4n) is 4.52. The molecule has 0 aromatic heterocycles. The zero-order chi connectivity index (χ0) is 27.8. The van der Waals surface area contributed by atoms with Gasteiger partial charge in [0, 0.05) is 66.0 Å². The number of hydrogen-bond donors (Lipinski definition) is 2. The zero-order valence-electron chi connectivity index (χ0n) is 22.0. The zero-order valence-corrected chi connectivity index (χ0v) is 23.6. The van der Waals surface area contributed by atoms with E-state index in [2.05, 4.69) is 28.1 Å². The van der Waals surface area contributed by atoms with Crippen molar-refractivity contribution in [2.24, 2.45) is 4.99 Å². The Labute approximate surface area is 231 Å². The first-order chi connectivity index (χ1) is 18.9. The molecule has 39 heavy (non-hydrogen) atoms. The molecule has 1 aliphatic carbocycles. The second-order valence-electron chi connectivity index (χ2n) is 9.13. The molecule has 12 heteroatoms. The molecule has 0 saturated carbocycles. The molecule has 2 aromatic rings. The Bertz CT molecular complexity index is 1560. The van der Waals surface area contributed by atoms with E-state index in [1.165, 1.54) is 12.1 Å². The third-order valence-electron chi connectivity index (χ3n) is 6.49. The summed E-state index contributed by atoms with van der Waals surface area (Å²) in [6, 6.07) is 12.1. The number of anilines is 1. The SMILES string of the molecule is CCCCCCN=c1cc2oc3cc(N(CC)CCCSOOO)ccc3nc-2c2cc(S(=O)(=O)O)ccc12. The predicted molar refractivity (Wildman–Crippen MR) is 152 cm³/mol. The number of nitrogens with zero attached hydrogens (tertiary/aromatic N) is 3. The lowest BCUT2D eigenvalue weighted by Crippen LogP contribution is -2.24. The Morgan fingerprint density at radius 3 is 2.64 bits per heavy atom. The van der Waals surface area contributed by atoms with Gasteiger partial charge in [0.2, 0.25) is 0 Å². The largest absolute Gasteiger partial charge is 0.453 e. The maximum Gasteiger partial charge on any atom is 0.294 e. The molecule has 4 rings (SSSR count). The first kappa shape index (κ1) is 29.2. The summed E-state index contributed by atoms with van der Waals surface area (Å²) in [6.45, 7) is 6.40. The smallest absolute Gasteiger partial charge is 0.294 e. The van der Waals surface area contributed by atoms with E-state index in [-0.39, 0.29) is 4.90 Å². The average Bonchev–Trinajstić information content (AvgIpc) is 2.93. The maximum absolute atomic E-state index is 11.9. The van der Waals surface area contributed by atoms with Crippen molar-refractivity contribution in [3.05, 3.63) is 47.8 Å². The summed E-state index contributed by atoms with van der Waals surface area (Å²) >= 11 is 1.03. The van der Waals surface area contributed by atoms with Crippen molar-refractivity contribution >= 4 is 49.7 Å². The molecule has 2 aliphatic rings. The van der Waals surface area contributed by atoms with Crippen molar-refractivity contribution in [2.75, 3.05) is 30.3 Å². The summed E-state index contributed by atoms with van der Waals surface area (Å²) in [6.07, 6.45) is 5.14. The summed E-state index contributed by atoms with van der Waals surface area (Å²) in [4.78, 5) is 11.6. The number of fused-ring (bicyclic) bond motifs is 4. The lowest BCUT2D eigenvalue weighted by Gasteiger charge is -2.23. The summed E-state index contributed by atoms with van der Waals surface area (Å²) in [5, 5.41) is 13.9. The van der Waals surface area contributed by atoms with E-state index in [4.69, 9.17) is 19.7 Å². The van der Waals surface area contributed by atoms with Crippen molar-refractivity contribution in [3.8, 4) is 11.5 Å². The Balaban J connectivity index is 1.78. The molecule has 0 bridgehead atoms. The van der Waals surface area contributed by atoms with Crippen LogP contribution in [0.25, 0.3) is 33.3 Å². The lowest BCUT2D eigenvalue weighted by atomic mass is 10.0. The lowest BCUT2D eigenvalue weighted by molar-refractivity contribution is -0.432. The normalized spacial score (nSPS) is 12.7. The van der Waals surface area contributed by atoms with Crippen LogP contribution >= 0.6 is 12.0 Å². The second kappa shape index (κ2) is 13.6. The van der Waals surface area contributed by atoms with Crippen LogP contribution in [0.2, 0.25) is 0 Å². The van der Waals surface area contributed by atoms with E-state index in [9.17, 15) is 13.0 Å². The molecule has 1 aliphatic heterocycles. The van der Waals surface area contributed by atoms with Crippen molar-refractivity contribution in [2.45, 2.75) is 50.8 Å². The molecule has 0 spiro atoms. The van der Waals surface area contributed by atoms with Crippen LogP contribution in [0.3, 0.4) is 0 Å². The highest BCUT2D eigenvalue weighted by atomic mass is 32.2. The molecule has 0 amide bonds. The van der Waals surface area contributed by atoms with Gasteiger partial charge in [0.25, 0.3) is 10.1 Å². The van der Waals surface area contributed by atoms with Crippen molar-refractivity contribution < 1.29 is 32.0 Å². The van der Waals surface area contributed by atoms with Crippen LogP contribution in [-0.2, 0) is 19.5 Å². The van der Waals surface area contributed by atoms with Gasteiger partial charge >= 0.3 is 0 Å². The predicted octanol–water partition coefficient (Wildman–Crippen LogP) is 6.10. The van der Waals surface area contributed by atoms with Gasteiger partial charge in [0.15, 0.2) is 11.3 Å². The van der Waals surface area contributed by atoms with Crippen LogP contribution in [0, 0.1) is 0 Å². The Morgan fingerprint density at radius 1 is 1.05 bits per heavy atom. The number of hydrogen-bond acceptors (Lipinski definition) is 10. The molecule has 0 unspecified atom stereocenters. The molecule has 0 saturated heterocycles. The number of unbranched alkanes of at least 4 members (excludes halogenated alkanes) is 3. The number of benzene rings is 3. The topological polar surface area (TPSA) is 135 Å². The monoisotopic (exact) mass is 575 g/mol. The van der Waals surface area contributed by atoms with Gasteiger partial charge in [-0.25, -0.2) is 10.2 Å². The van der Waals surface area contributed by atoms with Gasteiger partial charge in [-0.3, -0.25) is 9.55 Å². The highest BCUT2D eigenvalue weighted by Gasteiger charge is 2.19. The number of rotatable bonds is 14. The molecule has 2 aromatic carbocycles. The number of aromatic nitrogens is 1. The van der Waals surface area contributed by atoms with Crippen molar-refractivity contribution in [1.29, 1.82) is 0 Å². The molecule has 0 fully saturated rings. The van der Waals surface area contributed by atoms with Crippen molar-refractivity contribution in [3.63, 3.8) is 0 Å². The van der Waals surface area contributed by atoms with Gasteiger partial charge in [-0.05, 0) is 44.0 Å². The van der Waals surface area contributed by atoms with E-state index in [1.54, 1.807) is 6.07 Å². The minimum atomic E-state index is -4.40. The van der Waals surface area contributed by atoms with Crippen LogP contribution in [0.1, 0.15) is 46.0 Å². The summed E-state index contributed by atoms with van der Waals surface area (Å²) in [5.41, 5.74) is 2.67. The van der Waals surface area contributed by atoms with Gasteiger partial charge in [0.1, 0.15) is 11.2 Å². The van der Waals surface area contributed by atoms with Gasteiger partial charge in [0.05, 0.1) is 10.3 Å². The molecule has 0 radical (unpaired) electrons. The fraction of sp³-hybridized carbons (Fsp3) is 0.407. The quantitative estimate of drug-likeness (QED) is 0.0345.